The molecule has 1 unspecified atom stereocenters. The van der Waals surface area contributed by atoms with Crippen molar-refractivity contribution in [3.63, 3.8) is 0 Å². The number of nitrogens with zero attached hydrogens (tertiary/aromatic N) is 2. The number of benzene rings is 9. The van der Waals surface area contributed by atoms with Gasteiger partial charge in [0.15, 0.2) is 5.82 Å². The Kier molecular flexibility index (Phi) is 8.97. The monoisotopic (exact) mass is 766 g/mol. The second-order valence-corrected chi connectivity index (χ2v) is 16.1. The molecule has 0 saturated carbocycles. The summed E-state index contributed by atoms with van der Waals surface area (Å²) in [6.07, 6.45) is 0.919. The van der Waals surface area contributed by atoms with Crippen LogP contribution in [0.4, 0.5) is 0 Å². The smallest absolute Gasteiger partial charge is 0.160 e. The zero-order valence-electron chi connectivity index (χ0n) is 33.5. The van der Waals surface area contributed by atoms with Gasteiger partial charge in [-0.05, 0) is 102 Å². The molecule has 0 bridgehead atoms. The molecule has 1 heterocycles. The van der Waals surface area contributed by atoms with E-state index < -0.39 is 0 Å². The Hall–Kier alpha value is -7.42. The molecule has 0 fully saturated rings. The van der Waals surface area contributed by atoms with Crippen LogP contribution in [0.15, 0.2) is 212 Å². The van der Waals surface area contributed by atoms with Gasteiger partial charge in [0.2, 0.25) is 0 Å². The van der Waals surface area contributed by atoms with Crippen LogP contribution in [-0.2, 0) is 6.42 Å². The van der Waals surface area contributed by atoms with Crippen molar-refractivity contribution in [3.8, 4) is 67.2 Å². The molecular weight excluding hydrogens is 725 g/mol. The lowest BCUT2D eigenvalue weighted by Gasteiger charge is -2.28. The highest BCUT2D eigenvalue weighted by atomic mass is 14.9. The highest BCUT2D eigenvalue weighted by molar-refractivity contribution is 6.08. The maximum Gasteiger partial charge on any atom is 0.160 e. The standard InChI is InChI=1S/C58H42N2/c1-38-46-22-12-13-25-49(46)50-34-32-41-18-8-11-24-48(41)56(50)51-35-33-44(36-54(51)47-23-10-9-21-45(47)37-53(38)40-16-4-2-5-17-40)39-28-30-43(31-29-39)58-59-55-27-15-14-26-52(55)57(60-58)42-19-6-3-7-20-42/h2-36,38,53H,37H2,1H3/t38-,53?/m0/s1. The number of fused-ring (bicyclic) bond motifs is 10. The number of hydrogen-bond donors (Lipinski definition) is 0. The third-order valence-corrected chi connectivity index (χ3v) is 12.7. The Bertz CT molecular complexity index is 3190. The SMILES string of the molecule is C[C@H]1c2ccccc2-c2ccc3ccccc3c2-c2ccc(-c3ccc(-c4nc(-c5ccccc5)c5ccccc5n4)cc3)cc2-c2ccccc2CC1c1ccccc1. The summed E-state index contributed by atoms with van der Waals surface area (Å²) in [5.74, 6) is 1.26. The van der Waals surface area contributed by atoms with Crippen LogP contribution >= 0.6 is 0 Å². The largest absolute Gasteiger partial charge is 0.228 e. The summed E-state index contributed by atoms with van der Waals surface area (Å²) in [5, 5.41) is 3.55. The average molecular weight is 767 g/mol. The molecule has 1 aliphatic carbocycles. The highest BCUT2D eigenvalue weighted by Crippen LogP contribution is 2.49. The molecule has 0 radical (unpaired) electrons. The molecule has 1 aromatic heterocycles. The normalized spacial score (nSPS) is 14.7. The molecule has 1 aliphatic rings. The molecule has 10 aromatic rings. The van der Waals surface area contributed by atoms with Crippen molar-refractivity contribution in [2.45, 2.75) is 25.2 Å². The van der Waals surface area contributed by atoms with Crippen LogP contribution in [0.25, 0.3) is 88.8 Å². The van der Waals surface area contributed by atoms with Gasteiger partial charge in [-0.1, -0.05) is 207 Å². The summed E-state index contributed by atoms with van der Waals surface area (Å²) in [5.41, 5.74) is 18.0. The number of hydrogen-bond acceptors (Lipinski definition) is 2. The van der Waals surface area contributed by atoms with Crippen LogP contribution in [0.1, 0.15) is 35.4 Å². The van der Waals surface area contributed by atoms with E-state index in [4.69, 9.17) is 9.97 Å². The molecule has 9 aromatic carbocycles. The van der Waals surface area contributed by atoms with Crippen LogP contribution in [0.3, 0.4) is 0 Å². The molecule has 2 nitrogen and oxygen atoms in total. The first-order valence-corrected chi connectivity index (χ1v) is 21.0. The van der Waals surface area contributed by atoms with E-state index in [1.165, 1.54) is 66.4 Å². The Morgan fingerprint density at radius 1 is 0.417 bits per heavy atom. The van der Waals surface area contributed by atoms with Crippen molar-refractivity contribution >= 4 is 21.7 Å². The molecule has 0 saturated heterocycles. The van der Waals surface area contributed by atoms with E-state index in [0.717, 1.165) is 45.5 Å². The van der Waals surface area contributed by atoms with E-state index in [1.54, 1.807) is 0 Å². The molecule has 2 atom stereocenters. The van der Waals surface area contributed by atoms with Crippen LogP contribution in [0, 0.1) is 0 Å². The van der Waals surface area contributed by atoms with E-state index in [-0.39, 0.29) is 11.8 Å². The fourth-order valence-corrected chi connectivity index (χ4v) is 9.62. The number of rotatable bonds is 4. The number of aromatic nitrogens is 2. The van der Waals surface area contributed by atoms with E-state index in [9.17, 15) is 0 Å². The molecule has 0 aliphatic heterocycles. The van der Waals surface area contributed by atoms with Crippen molar-refractivity contribution in [1.29, 1.82) is 0 Å². The lowest BCUT2D eigenvalue weighted by molar-refractivity contribution is 0.574. The van der Waals surface area contributed by atoms with E-state index in [1.807, 2.05) is 12.1 Å². The van der Waals surface area contributed by atoms with Crippen molar-refractivity contribution in [3.05, 3.63) is 229 Å². The highest BCUT2D eigenvalue weighted by Gasteiger charge is 2.28. The third kappa shape index (κ3) is 6.29. The van der Waals surface area contributed by atoms with Crippen LogP contribution in [0.2, 0.25) is 0 Å². The first-order valence-electron chi connectivity index (χ1n) is 21.0. The van der Waals surface area contributed by atoms with Gasteiger partial charge in [0.1, 0.15) is 0 Å². The quantitative estimate of drug-likeness (QED) is 0.178. The van der Waals surface area contributed by atoms with E-state index in [2.05, 4.69) is 207 Å². The van der Waals surface area contributed by atoms with E-state index in [0.29, 0.717) is 0 Å². The summed E-state index contributed by atoms with van der Waals surface area (Å²) >= 11 is 0. The van der Waals surface area contributed by atoms with Crippen molar-refractivity contribution < 1.29 is 0 Å². The molecule has 0 spiro atoms. The minimum atomic E-state index is 0.265. The van der Waals surface area contributed by atoms with E-state index >= 15 is 0 Å². The lowest BCUT2D eigenvalue weighted by atomic mass is 9.76. The summed E-state index contributed by atoms with van der Waals surface area (Å²) in [4.78, 5) is 10.2. The lowest BCUT2D eigenvalue weighted by Crippen LogP contribution is -2.13. The van der Waals surface area contributed by atoms with Crippen molar-refractivity contribution in [2.24, 2.45) is 0 Å². The second kappa shape index (κ2) is 15.1. The van der Waals surface area contributed by atoms with Gasteiger partial charge in [-0.25, -0.2) is 9.97 Å². The van der Waals surface area contributed by atoms with Gasteiger partial charge in [-0.3, -0.25) is 0 Å². The summed E-state index contributed by atoms with van der Waals surface area (Å²) in [7, 11) is 0. The van der Waals surface area contributed by atoms with Gasteiger partial charge in [0.25, 0.3) is 0 Å². The fourth-order valence-electron chi connectivity index (χ4n) is 9.62. The van der Waals surface area contributed by atoms with Gasteiger partial charge in [-0.2, -0.15) is 0 Å². The first-order chi connectivity index (χ1) is 29.7. The van der Waals surface area contributed by atoms with Gasteiger partial charge in [0.05, 0.1) is 11.2 Å². The Balaban J connectivity index is 1.11. The number of para-hydroxylation sites is 1. The maximum atomic E-state index is 5.15. The minimum absolute atomic E-state index is 0.265. The van der Waals surface area contributed by atoms with Crippen molar-refractivity contribution in [1.82, 2.24) is 9.97 Å². The summed E-state index contributed by atoms with van der Waals surface area (Å²) in [6, 6.07) is 77.5. The van der Waals surface area contributed by atoms with Gasteiger partial charge < -0.3 is 0 Å². The average Bonchev–Trinajstić information content (AvgIpc) is 3.34. The fraction of sp³-hybridized carbons (Fsp3) is 0.0690. The van der Waals surface area contributed by atoms with Gasteiger partial charge in [0, 0.05) is 16.5 Å². The van der Waals surface area contributed by atoms with Crippen LogP contribution in [-0.4, -0.2) is 9.97 Å². The second-order valence-electron chi connectivity index (χ2n) is 16.1. The molecule has 284 valence electrons. The summed E-state index contributed by atoms with van der Waals surface area (Å²) in [6.45, 7) is 2.43. The molecule has 60 heavy (non-hydrogen) atoms. The molecular formula is C58H42N2. The topological polar surface area (TPSA) is 25.8 Å². The Morgan fingerprint density at radius 2 is 1.05 bits per heavy atom. The predicted octanol–water partition coefficient (Wildman–Crippen LogP) is 15.2. The van der Waals surface area contributed by atoms with Crippen LogP contribution in [0.5, 0.6) is 0 Å². The summed E-state index contributed by atoms with van der Waals surface area (Å²) < 4.78 is 0. The first kappa shape index (κ1) is 35.7. The zero-order valence-corrected chi connectivity index (χ0v) is 33.5. The zero-order chi connectivity index (χ0) is 40.0. The van der Waals surface area contributed by atoms with Gasteiger partial charge in [-0.15, -0.1) is 0 Å². The Labute approximate surface area is 351 Å². The third-order valence-electron chi connectivity index (χ3n) is 12.7. The predicted molar refractivity (Wildman–Crippen MR) is 251 cm³/mol. The van der Waals surface area contributed by atoms with Crippen LogP contribution < -0.4 is 0 Å². The molecule has 0 amide bonds. The van der Waals surface area contributed by atoms with Crippen molar-refractivity contribution in [2.75, 3.05) is 0 Å². The Morgan fingerprint density at radius 3 is 1.88 bits per heavy atom. The maximum absolute atomic E-state index is 5.15. The molecule has 0 N–H and O–H groups in total. The molecule has 11 rings (SSSR count). The van der Waals surface area contributed by atoms with Gasteiger partial charge >= 0.3 is 0 Å². The minimum Gasteiger partial charge on any atom is -0.228 e. The molecule has 2 heteroatoms.